The fourth-order valence-electron chi connectivity index (χ4n) is 7.75. The van der Waals surface area contributed by atoms with Crippen LogP contribution in [0.15, 0.2) is 48.6 Å². The third-order valence-electron chi connectivity index (χ3n) is 11.2. The molecule has 0 radical (unpaired) electrons. The van der Waals surface area contributed by atoms with E-state index in [2.05, 4.69) is 62.5 Å². The maximum atomic E-state index is 12.5. The number of phosphoric acid groups is 2. The number of phosphoric ester groups is 2. The molecule has 0 spiro atoms. The first-order chi connectivity index (χ1) is 30.1. The van der Waals surface area contributed by atoms with Crippen LogP contribution in [0.25, 0.3) is 0 Å². The van der Waals surface area contributed by atoms with Crippen molar-refractivity contribution in [3.8, 4) is 0 Å². The zero-order chi connectivity index (χ0) is 45.0. The second-order valence-electron chi connectivity index (χ2n) is 16.7. The molecule has 0 aromatic carbocycles. The second kappa shape index (κ2) is 36.1. The number of fused-ring (bicyclic) bond motifs is 1. The van der Waals surface area contributed by atoms with Crippen molar-refractivity contribution in [2.45, 2.75) is 211 Å². The zero-order valence-corrected chi connectivity index (χ0v) is 40.5. The van der Waals surface area contributed by atoms with Gasteiger partial charge in [-0.1, -0.05) is 140 Å². The number of hydrogen-bond donors (Lipinski definition) is 4. The molecular weight excluding hydrogens is 830 g/mol. The minimum absolute atomic E-state index is 0.0499. The maximum absolute atomic E-state index is 12.5. The Balaban J connectivity index is 1.95. The number of nitrogens with two attached hydrogens (primary N) is 2. The molecule has 2 fully saturated rings. The van der Waals surface area contributed by atoms with Crippen LogP contribution < -0.4 is 11.5 Å². The van der Waals surface area contributed by atoms with Crippen LogP contribution in [0.2, 0.25) is 0 Å². The molecule has 15 heteroatoms. The predicted molar refractivity (Wildman–Crippen MR) is 251 cm³/mol. The van der Waals surface area contributed by atoms with Gasteiger partial charge in [-0.05, 0) is 77.0 Å². The number of hydrogen-bond acceptors (Lipinski definition) is 11. The van der Waals surface area contributed by atoms with Gasteiger partial charge in [0.1, 0.15) is 24.4 Å². The summed E-state index contributed by atoms with van der Waals surface area (Å²) in [7, 11) is -8.83. The lowest BCUT2D eigenvalue weighted by molar-refractivity contribution is -0.221. The lowest BCUT2D eigenvalue weighted by atomic mass is 9.98. The van der Waals surface area contributed by atoms with Gasteiger partial charge in [-0.25, -0.2) is 9.13 Å². The smallest absolute Gasteiger partial charge is 0.364 e. The lowest BCUT2D eigenvalue weighted by Crippen LogP contribution is -2.37. The summed E-state index contributed by atoms with van der Waals surface area (Å²) in [6.07, 6.45) is 44.2. The molecule has 362 valence electrons. The Bertz CT molecular complexity index is 1220. The summed E-state index contributed by atoms with van der Waals surface area (Å²) in [5, 5.41) is 0. The Kier molecular flexibility index (Phi) is 33.3. The molecule has 13 nitrogen and oxygen atoms in total. The van der Waals surface area contributed by atoms with Crippen LogP contribution in [0.5, 0.6) is 0 Å². The minimum atomic E-state index is -4.42. The van der Waals surface area contributed by atoms with E-state index in [1.54, 1.807) is 0 Å². The average molecular weight is 919 g/mol. The van der Waals surface area contributed by atoms with Crippen molar-refractivity contribution >= 4 is 15.6 Å². The minimum Gasteiger partial charge on any atom is -0.364 e. The van der Waals surface area contributed by atoms with E-state index in [-0.39, 0.29) is 39.5 Å². The van der Waals surface area contributed by atoms with Crippen LogP contribution in [-0.4, -0.2) is 79.5 Å². The van der Waals surface area contributed by atoms with E-state index in [1.165, 1.54) is 89.9 Å². The van der Waals surface area contributed by atoms with E-state index in [1.807, 2.05) is 0 Å². The molecule has 0 aromatic rings. The fraction of sp³-hybridized carbons (Fsp3) is 0.830. The Hall–Kier alpha value is -1.02. The largest absolute Gasteiger partial charge is 0.472 e. The molecular formula is C47H88N2O11P2. The molecule has 2 saturated heterocycles. The number of allylic oxidation sites excluding steroid dienone is 8. The molecule has 6 N–H and O–H groups in total. The van der Waals surface area contributed by atoms with Crippen molar-refractivity contribution in [3.05, 3.63) is 48.6 Å². The van der Waals surface area contributed by atoms with Crippen molar-refractivity contribution in [1.29, 1.82) is 0 Å². The Morgan fingerprint density at radius 2 is 0.839 bits per heavy atom. The first kappa shape index (κ1) is 57.1. The summed E-state index contributed by atoms with van der Waals surface area (Å²) < 4.78 is 65.3. The van der Waals surface area contributed by atoms with Crippen molar-refractivity contribution in [3.63, 3.8) is 0 Å². The van der Waals surface area contributed by atoms with Gasteiger partial charge in [-0.3, -0.25) is 18.1 Å². The molecule has 0 saturated carbocycles. The highest BCUT2D eigenvalue weighted by Crippen LogP contribution is 2.49. The predicted octanol–water partition coefficient (Wildman–Crippen LogP) is 11.8. The molecule has 2 aliphatic rings. The van der Waals surface area contributed by atoms with Gasteiger partial charge in [0, 0.05) is 25.9 Å². The van der Waals surface area contributed by atoms with Crippen LogP contribution in [0, 0.1) is 0 Å². The molecule has 62 heavy (non-hydrogen) atoms. The Morgan fingerprint density at radius 1 is 0.500 bits per heavy atom. The summed E-state index contributed by atoms with van der Waals surface area (Å²) in [5.74, 6) is -0.905. The fourth-order valence-corrected chi connectivity index (χ4v) is 9.24. The van der Waals surface area contributed by atoms with Gasteiger partial charge >= 0.3 is 15.6 Å². The van der Waals surface area contributed by atoms with Crippen molar-refractivity contribution in [1.82, 2.24) is 0 Å². The molecule has 0 amide bonds. The summed E-state index contributed by atoms with van der Waals surface area (Å²) >= 11 is 0. The molecule has 2 aliphatic heterocycles. The van der Waals surface area contributed by atoms with Crippen LogP contribution in [0.3, 0.4) is 0 Å². The van der Waals surface area contributed by atoms with Crippen LogP contribution in [0.4, 0.5) is 0 Å². The number of unbranched alkanes of at least 4 members (excludes halogenated alkanes) is 18. The van der Waals surface area contributed by atoms with E-state index in [0.29, 0.717) is 12.8 Å². The third kappa shape index (κ3) is 27.5. The van der Waals surface area contributed by atoms with Crippen LogP contribution >= 0.6 is 15.6 Å². The first-order valence-corrected chi connectivity index (χ1v) is 27.3. The lowest BCUT2D eigenvalue weighted by Gasteiger charge is -2.31. The molecule has 6 atom stereocenters. The van der Waals surface area contributed by atoms with E-state index in [0.717, 1.165) is 64.2 Å². The van der Waals surface area contributed by atoms with Gasteiger partial charge in [0.2, 0.25) is 0 Å². The highest BCUT2D eigenvalue weighted by atomic mass is 31.2. The average Bonchev–Trinajstić information content (AvgIpc) is 3.78. The number of rotatable bonds is 42. The summed E-state index contributed by atoms with van der Waals surface area (Å²) in [6.45, 7) is 3.61. The highest BCUT2D eigenvalue weighted by Gasteiger charge is 2.58. The summed E-state index contributed by atoms with van der Waals surface area (Å²) in [4.78, 5) is 20.4. The highest BCUT2D eigenvalue weighted by molar-refractivity contribution is 7.47. The van der Waals surface area contributed by atoms with E-state index >= 15 is 0 Å². The molecule has 2 heterocycles. The van der Waals surface area contributed by atoms with Gasteiger partial charge in [0.25, 0.3) is 0 Å². The first-order valence-electron chi connectivity index (χ1n) is 24.4. The van der Waals surface area contributed by atoms with Crippen LogP contribution in [-0.2, 0) is 41.4 Å². The second-order valence-corrected chi connectivity index (χ2v) is 19.6. The standard InChI is InChI=1S/C47H88N2O11P2/c1-3-5-7-9-11-13-15-17-19-21-23-25-27-29-31-33-35-47(36-34-32-30-28-26-24-22-20-18-16-14-12-10-8-6-4-2)59-45-43(41-56-61(50,51)54-39-37-48)58-44(46(45)60-47)42-57-62(52,53)55-40-38-49/h11-14,17-20,43-46H,3-10,15-16,21-42,48-49H2,1-2H3,(H,50,51)(H,52,53)/t43-,44+,45-,46-,47?/m1/s1. The SMILES string of the molecule is CCCCCC=CCC=CCCCCCCCCC1(CCCCCCCCC=CCC=CCCCCC)O[C@H]2[C@H](O1)[C@@H](COP(=O)(O)OCCN)O[C@H]2COP(=O)(O)OCCN. The maximum Gasteiger partial charge on any atom is 0.472 e. The zero-order valence-electron chi connectivity index (χ0n) is 38.7. The number of ether oxygens (including phenoxy) is 3. The Morgan fingerprint density at radius 3 is 1.19 bits per heavy atom. The normalized spacial score (nSPS) is 23.7. The summed E-state index contributed by atoms with van der Waals surface area (Å²) in [6, 6.07) is 0. The molecule has 2 rings (SSSR count). The van der Waals surface area contributed by atoms with Gasteiger partial charge in [-0.15, -0.1) is 0 Å². The summed E-state index contributed by atoms with van der Waals surface area (Å²) in [5.41, 5.74) is 10.9. The van der Waals surface area contributed by atoms with Crippen molar-refractivity contribution < 1.29 is 51.2 Å². The molecule has 0 aromatic heterocycles. The van der Waals surface area contributed by atoms with E-state index in [4.69, 9.17) is 43.8 Å². The quantitative estimate of drug-likeness (QED) is 0.0257. The van der Waals surface area contributed by atoms with E-state index < -0.39 is 45.8 Å². The monoisotopic (exact) mass is 919 g/mol. The molecule has 2 unspecified atom stereocenters. The van der Waals surface area contributed by atoms with Crippen molar-refractivity contribution in [2.24, 2.45) is 11.5 Å². The molecule has 0 aliphatic carbocycles. The van der Waals surface area contributed by atoms with Crippen LogP contribution in [0.1, 0.15) is 181 Å². The Labute approximate surface area is 376 Å². The molecule has 0 bridgehead atoms. The third-order valence-corrected chi connectivity index (χ3v) is 13.1. The van der Waals surface area contributed by atoms with Gasteiger partial charge in [-0.2, -0.15) is 0 Å². The topological polar surface area (TPSA) is 191 Å². The van der Waals surface area contributed by atoms with Gasteiger partial charge in [0.05, 0.1) is 26.4 Å². The van der Waals surface area contributed by atoms with Gasteiger partial charge < -0.3 is 35.5 Å². The van der Waals surface area contributed by atoms with Gasteiger partial charge in [0.15, 0.2) is 5.79 Å². The van der Waals surface area contributed by atoms with Crippen molar-refractivity contribution in [2.75, 3.05) is 39.5 Å². The van der Waals surface area contributed by atoms with E-state index in [9.17, 15) is 18.9 Å².